The van der Waals surface area contributed by atoms with Crippen molar-refractivity contribution in [1.82, 2.24) is 0 Å². The third-order valence-electron chi connectivity index (χ3n) is 9.05. The van der Waals surface area contributed by atoms with E-state index in [4.69, 9.17) is 18.5 Å². The number of carbonyl (C=O) groups is 2. The average Bonchev–Trinajstić information content (AvgIpc) is 3.19. The number of quaternary nitrogens is 1. The molecule has 0 heterocycles. The minimum Gasteiger partial charge on any atom is -0.756 e. The lowest BCUT2D eigenvalue weighted by Gasteiger charge is -2.28. The summed E-state index contributed by atoms with van der Waals surface area (Å²) >= 11 is 0. The number of aliphatic hydroxyl groups is 1. The second kappa shape index (κ2) is 39.3. The molecule has 10 nitrogen and oxygen atoms in total. The number of hydrogen-bond donors (Lipinski definition) is 1. The number of allylic oxidation sites excluding steroid dienone is 14. The zero-order valence-electron chi connectivity index (χ0n) is 37.5. The molecular weight excluding hydrogens is 766 g/mol. The molecule has 0 spiro atoms. The first-order valence-corrected chi connectivity index (χ1v) is 23.8. The molecule has 0 aromatic rings. The number of phosphoric acid groups is 1. The third-order valence-corrected chi connectivity index (χ3v) is 10.0. The van der Waals surface area contributed by atoms with Crippen LogP contribution in [0.4, 0.5) is 0 Å². The van der Waals surface area contributed by atoms with Crippen molar-refractivity contribution < 1.29 is 47.2 Å². The second-order valence-corrected chi connectivity index (χ2v) is 17.3. The summed E-state index contributed by atoms with van der Waals surface area (Å²) in [5.74, 6) is -0.988. The van der Waals surface area contributed by atoms with Gasteiger partial charge in [-0.1, -0.05) is 131 Å². The van der Waals surface area contributed by atoms with Crippen LogP contribution in [-0.2, 0) is 32.7 Å². The maximum absolute atomic E-state index is 12.7. The van der Waals surface area contributed by atoms with Crippen molar-refractivity contribution in [3.05, 3.63) is 85.1 Å². The molecule has 0 fully saturated rings. The molecule has 0 saturated heterocycles. The number of likely N-dealkylation sites (N-methyl/N-ethyl adjacent to an activating group) is 1. The topological polar surface area (TPSA) is 131 Å². The molecule has 0 aliphatic heterocycles. The lowest BCUT2D eigenvalue weighted by atomic mass is 10.1. The minimum atomic E-state index is -4.66. The van der Waals surface area contributed by atoms with E-state index in [9.17, 15) is 24.2 Å². The fourth-order valence-corrected chi connectivity index (χ4v) is 6.08. The predicted molar refractivity (Wildman–Crippen MR) is 242 cm³/mol. The quantitative estimate of drug-likeness (QED) is 0.0211. The molecule has 338 valence electrons. The van der Waals surface area contributed by atoms with E-state index < -0.39 is 32.5 Å². The van der Waals surface area contributed by atoms with Gasteiger partial charge in [0.15, 0.2) is 6.10 Å². The van der Waals surface area contributed by atoms with Crippen LogP contribution in [0.1, 0.15) is 149 Å². The smallest absolute Gasteiger partial charge is 0.306 e. The van der Waals surface area contributed by atoms with Crippen molar-refractivity contribution in [3.63, 3.8) is 0 Å². The van der Waals surface area contributed by atoms with Crippen molar-refractivity contribution in [1.29, 1.82) is 0 Å². The number of hydrogen-bond acceptors (Lipinski definition) is 9. The van der Waals surface area contributed by atoms with E-state index in [2.05, 4.69) is 79.8 Å². The van der Waals surface area contributed by atoms with Gasteiger partial charge < -0.3 is 33.0 Å². The summed E-state index contributed by atoms with van der Waals surface area (Å²) < 4.78 is 33.7. The van der Waals surface area contributed by atoms with E-state index in [1.165, 1.54) is 38.5 Å². The van der Waals surface area contributed by atoms with Gasteiger partial charge in [-0.15, -0.1) is 0 Å². The van der Waals surface area contributed by atoms with E-state index in [1.807, 2.05) is 40.2 Å². The van der Waals surface area contributed by atoms with Gasteiger partial charge in [0.25, 0.3) is 7.82 Å². The number of nitrogens with zero attached hydrogens (tertiary/aromatic N) is 1. The van der Waals surface area contributed by atoms with Gasteiger partial charge in [0.2, 0.25) is 0 Å². The van der Waals surface area contributed by atoms with Gasteiger partial charge in [-0.25, -0.2) is 0 Å². The molecule has 0 radical (unpaired) electrons. The van der Waals surface area contributed by atoms with E-state index >= 15 is 0 Å². The van der Waals surface area contributed by atoms with Crippen molar-refractivity contribution >= 4 is 19.8 Å². The maximum Gasteiger partial charge on any atom is 0.306 e. The normalized spacial score (nSPS) is 14.9. The van der Waals surface area contributed by atoms with Crippen LogP contribution in [0.15, 0.2) is 85.1 Å². The van der Waals surface area contributed by atoms with E-state index in [-0.39, 0.29) is 32.2 Å². The zero-order chi connectivity index (χ0) is 43.7. The summed E-state index contributed by atoms with van der Waals surface area (Å²) in [6.07, 6.45) is 47.1. The predicted octanol–water partition coefficient (Wildman–Crippen LogP) is 11.1. The molecule has 0 aliphatic carbocycles. The summed E-state index contributed by atoms with van der Waals surface area (Å²) in [5.41, 5.74) is 0. The number of carbonyl (C=O) groups excluding carboxylic acids is 2. The SMILES string of the molecule is CCCCCCCC/C=C\C/C=C\C/C=C\CCCC(=O)O[C@H](COC(=O)CCC/C=C\C/C=C\C/C=C\C/C=C\CC[C@@H](O)CC)COP(=O)([O-])OCC[N+](C)(C)C. The molecule has 0 aromatic heterocycles. The number of aliphatic hydroxyl groups excluding tert-OH is 1. The van der Waals surface area contributed by atoms with Gasteiger partial charge in [0.1, 0.15) is 19.8 Å². The Balaban J connectivity index is 4.56. The molecule has 0 bridgehead atoms. The van der Waals surface area contributed by atoms with Crippen LogP contribution in [-0.4, -0.2) is 81.2 Å². The van der Waals surface area contributed by atoms with Crippen LogP contribution in [0.25, 0.3) is 0 Å². The maximum atomic E-state index is 12.7. The molecule has 59 heavy (non-hydrogen) atoms. The highest BCUT2D eigenvalue weighted by atomic mass is 31.2. The highest BCUT2D eigenvalue weighted by molar-refractivity contribution is 7.45. The Bertz CT molecular complexity index is 1300. The largest absolute Gasteiger partial charge is 0.756 e. The zero-order valence-corrected chi connectivity index (χ0v) is 38.4. The van der Waals surface area contributed by atoms with Gasteiger partial charge in [0.05, 0.1) is 33.9 Å². The van der Waals surface area contributed by atoms with E-state index in [0.29, 0.717) is 36.7 Å². The standard InChI is InChI=1S/C48H82NO9P/c1-6-8-9-10-11-12-13-14-15-16-17-22-25-28-31-34-37-40-48(52)58-46(44-57-59(53,54)56-42-41-49(3,4)5)43-55-47(51)39-36-33-30-27-24-21-19-18-20-23-26-29-32-35-38-45(50)7-2/h14-15,17,19-23,27-32,45-46,50H,6-13,16,18,24-26,33-44H2,1-5H3/b15-14-,21-19-,22-17-,23-20-,30-27-,31-28-,32-29-/t45-,46+/m0/s1. The molecule has 0 saturated carbocycles. The lowest BCUT2D eigenvalue weighted by Crippen LogP contribution is -2.37. The molecule has 1 unspecified atom stereocenters. The lowest BCUT2D eigenvalue weighted by molar-refractivity contribution is -0.870. The monoisotopic (exact) mass is 848 g/mol. The van der Waals surface area contributed by atoms with Crippen molar-refractivity contribution in [3.8, 4) is 0 Å². The first kappa shape index (κ1) is 56.1. The Morgan fingerprint density at radius 2 is 1.07 bits per heavy atom. The Kier molecular flexibility index (Phi) is 37.4. The first-order chi connectivity index (χ1) is 28.4. The second-order valence-electron chi connectivity index (χ2n) is 15.8. The number of rotatable bonds is 39. The van der Waals surface area contributed by atoms with Crippen LogP contribution < -0.4 is 4.89 Å². The number of esters is 2. The van der Waals surface area contributed by atoms with Crippen LogP contribution in [0, 0.1) is 0 Å². The molecule has 11 heteroatoms. The highest BCUT2D eigenvalue weighted by Crippen LogP contribution is 2.38. The Hall–Kier alpha value is -2.85. The fraction of sp³-hybridized carbons (Fsp3) is 0.667. The van der Waals surface area contributed by atoms with Gasteiger partial charge >= 0.3 is 11.9 Å². The van der Waals surface area contributed by atoms with Gasteiger partial charge in [-0.3, -0.25) is 14.2 Å². The Labute approximate surface area is 359 Å². The Morgan fingerprint density at radius 3 is 1.58 bits per heavy atom. The summed E-state index contributed by atoms with van der Waals surface area (Å²) in [6, 6.07) is 0. The minimum absolute atomic E-state index is 0.0587. The van der Waals surface area contributed by atoms with E-state index in [0.717, 1.165) is 57.8 Å². The average molecular weight is 848 g/mol. The molecule has 0 aromatic carbocycles. The van der Waals surface area contributed by atoms with E-state index in [1.54, 1.807) is 0 Å². The van der Waals surface area contributed by atoms with Gasteiger partial charge in [-0.05, 0) is 89.9 Å². The summed E-state index contributed by atoms with van der Waals surface area (Å²) in [4.78, 5) is 37.5. The highest BCUT2D eigenvalue weighted by Gasteiger charge is 2.21. The van der Waals surface area contributed by atoms with Crippen molar-refractivity contribution in [2.45, 2.75) is 161 Å². The van der Waals surface area contributed by atoms with Crippen LogP contribution in [0.2, 0.25) is 0 Å². The molecular formula is C48H82NO9P. The van der Waals surface area contributed by atoms with Gasteiger partial charge in [-0.2, -0.15) is 0 Å². The van der Waals surface area contributed by atoms with Crippen LogP contribution in [0.3, 0.4) is 0 Å². The fourth-order valence-electron chi connectivity index (χ4n) is 5.35. The number of unbranched alkanes of at least 4 members (excludes halogenated alkanes) is 8. The number of phosphoric ester groups is 1. The first-order valence-electron chi connectivity index (χ1n) is 22.4. The summed E-state index contributed by atoms with van der Waals surface area (Å²) in [6.45, 7) is 3.78. The molecule has 0 aliphatic rings. The number of ether oxygens (including phenoxy) is 2. The van der Waals surface area contributed by atoms with Gasteiger partial charge in [0, 0.05) is 12.8 Å². The van der Waals surface area contributed by atoms with Crippen molar-refractivity contribution in [2.75, 3.05) is 47.5 Å². The summed E-state index contributed by atoms with van der Waals surface area (Å²) in [5, 5.41) is 9.57. The molecule has 0 rings (SSSR count). The molecule has 0 amide bonds. The van der Waals surface area contributed by atoms with Crippen LogP contribution in [0.5, 0.6) is 0 Å². The summed E-state index contributed by atoms with van der Waals surface area (Å²) in [7, 11) is 1.07. The van der Waals surface area contributed by atoms with Crippen LogP contribution >= 0.6 is 7.82 Å². The molecule has 3 atom stereocenters. The Morgan fingerprint density at radius 1 is 0.610 bits per heavy atom. The van der Waals surface area contributed by atoms with Crippen molar-refractivity contribution in [2.24, 2.45) is 0 Å². The third kappa shape index (κ3) is 43.1. The molecule has 1 N–H and O–H groups in total.